The van der Waals surface area contributed by atoms with Crippen LogP contribution in [0.5, 0.6) is 5.75 Å². The predicted molar refractivity (Wildman–Crippen MR) is 59.4 cm³/mol. The average molecular weight is 218 g/mol. The molecule has 0 aliphatic carbocycles. The van der Waals surface area contributed by atoms with E-state index in [1.807, 2.05) is 29.2 Å². The fourth-order valence-corrected chi connectivity index (χ4v) is 2.43. The molecule has 1 unspecified atom stereocenters. The van der Waals surface area contributed by atoms with Crippen LogP contribution in [0.3, 0.4) is 0 Å². The van der Waals surface area contributed by atoms with Crippen LogP contribution in [0.15, 0.2) is 24.3 Å². The molecule has 1 atom stereocenters. The maximum absolute atomic E-state index is 11.7. The van der Waals surface area contributed by atoms with E-state index in [0.717, 1.165) is 30.8 Å². The van der Waals surface area contributed by atoms with Crippen molar-refractivity contribution in [3.05, 3.63) is 29.8 Å². The SMILES string of the molecule is O=C1NCCN1C1CCOc2ccccc21. The second-order valence-corrected chi connectivity index (χ2v) is 4.12. The summed E-state index contributed by atoms with van der Waals surface area (Å²) >= 11 is 0. The van der Waals surface area contributed by atoms with Crippen LogP contribution < -0.4 is 10.1 Å². The van der Waals surface area contributed by atoms with E-state index >= 15 is 0 Å². The number of hydrogen-bond donors (Lipinski definition) is 1. The topological polar surface area (TPSA) is 41.6 Å². The second-order valence-electron chi connectivity index (χ2n) is 4.12. The molecule has 2 heterocycles. The zero-order valence-electron chi connectivity index (χ0n) is 8.98. The molecule has 1 saturated heterocycles. The lowest BCUT2D eigenvalue weighted by Gasteiger charge is -2.32. The van der Waals surface area contributed by atoms with Crippen LogP contribution in [0.2, 0.25) is 0 Å². The minimum Gasteiger partial charge on any atom is -0.493 e. The fraction of sp³-hybridized carbons (Fsp3) is 0.417. The summed E-state index contributed by atoms with van der Waals surface area (Å²) in [6, 6.07) is 8.19. The van der Waals surface area contributed by atoms with Gasteiger partial charge in [-0.05, 0) is 6.07 Å². The molecule has 4 heteroatoms. The molecule has 1 N–H and O–H groups in total. The highest BCUT2D eigenvalue weighted by molar-refractivity contribution is 5.77. The van der Waals surface area contributed by atoms with Crippen LogP contribution >= 0.6 is 0 Å². The lowest BCUT2D eigenvalue weighted by atomic mass is 9.99. The zero-order valence-corrected chi connectivity index (χ0v) is 8.98. The number of urea groups is 1. The fourth-order valence-electron chi connectivity index (χ4n) is 2.43. The van der Waals surface area contributed by atoms with E-state index < -0.39 is 0 Å². The summed E-state index contributed by atoms with van der Waals surface area (Å²) < 4.78 is 5.59. The Morgan fingerprint density at radius 1 is 1.38 bits per heavy atom. The van der Waals surface area contributed by atoms with E-state index in [1.165, 1.54) is 0 Å². The first-order chi connectivity index (χ1) is 7.86. The van der Waals surface area contributed by atoms with Crippen LogP contribution in [0, 0.1) is 0 Å². The van der Waals surface area contributed by atoms with E-state index in [9.17, 15) is 4.79 Å². The molecule has 1 aromatic carbocycles. The predicted octanol–water partition coefficient (Wildman–Crippen LogP) is 1.54. The molecular formula is C12H14N2O2. The van der Waals surface area contributed by atoms with E-state index in [2.05, 4.69) is 5.32 Å². The van der Waals surface area contributed by atoms with Gasteiger partial charge in [0.1, 0.15) is 5.75 Å². The van der Waals surface area contributed by atoms with E-state index in [1.54, 1.807) is 0 Å². The molecule has 2 aliphatic heterocycles. The summed E-state index contributed by atoms with van der Waals surface area (Å²) in [6.45, 7) is 2.22. The first kappa shape index (κ1) is 9.51. The minimum atomic E-state index is 0.0432. The number of para-hydroxylation sites is 1. The normalized spacial score (nSPS) is 23.6. The molecule has 1 aromatic rings. The summed E-state index contributed by atoms with van der Waals surface area (Å²) in [7, 11) is 0. The number of carbonyl (C=O) groups is 1. The minimum absolute atomic E-state index is 0.0432. The number of nitrogens with zero attached hydrogens (tertiary/aromatic N) is 1. The highest BCUT2D eigenvalue weighted by Gasteiger charge is 2.32. The zero-order chi connectivity index (χ0) is 11.0. The molecule has 4 nitrogen and oxygen atoms in total. The van der Waals surface area contributed by atoms with Crippen LogP contribution in [-0.2, 0) is 0 Å². The number of ether oxygens (including phenoxy) is 1. The van der Waals surface area contributed by atoms with Crippen molar-refractivity contribution in [2.24, 2.45) is 0 Å². The Hall–Kier alpha value is -1.71. The molecule has 0 aromatic heterocycles. The number of amides is 2. The molecule has 1 fully saturated rings. The summed E-state index contributed by atoms with van der Waals surface area (Å²) in [5.41, 5.74) is 1.13. The third-order valence-electron chi connectivity index (χ3n) is 3.19. The van der Waals surface area contributed by atoms with Gasteiger partial charge < -0.3 is 15.0 Å². The van der Waals surface area contributed by atoms with Crippen molar-refractivity contribution >= 4 is 6.03 Å². The summed E-state index contributed by atoms with van der Waals surface area (Å²) in [4.78, 5) is 13.6. The maximum atomic E-state index is 11.7. The van der Waals surface area contributed by atoms with Crippen molar-refractivity contribution in [3.8, 4) is 5.75 Å². The molecule has 2 amide bonds. The number of rotatable bonds is 1. The van der Waals surface area contributed by atoms with Gasteiger partial charge in [-0.25, -0.2) is 4.79 Å². The Morgan fingerprint density at radius 2 is 2.25 bits per heavy atom. The van der Waals surface area contributed by atoms with E-state index in [-0.39, 0.29) is 12.1 Å². The first-order valence-electron chi connectivity index (χ1n) is 5.62. The average Bonchev–Trinajstić information content (AvgIpc) is 2.75. The van der Waals surface area contributed by atoms with Gasteiger partial charge in [-0.1, -0.05) is 18.2 Å². The Bertz CT molecular complexity index is 419. The number of fused-ring (bicyclic) bond motifs is 1. The van der Waals surface area contributed by atoms with Gasteiger partial charge in [0.25, 0.3) is 0 Å². The number of benzene rings is 1. The van der Waals surface area contributed by atoms with E-state index in [0.29, 0.717) is 6.61 Å². The third-order valence-corrected chi connectivity index (χ3v) is 3.19. The monoisotopic (exact) mass is 218 g/mol. The third kappa shape index (κ3) is 1.41. The largest absolute Gasteiger partial charge is 0.493 e. The van der Waals surface area contributed by atoms with Crippen molar-refractivity contribution < 1.29 is 9.53 Å². The first-order valence-corrected chi connectivity index (χ1v) is 5.62. The summed E-state index contributed by atoms with van der Waals surface area (Å²) in [6.07, 6.45) is 0.879. The Balaban J connectivity index is 1.95. The van der Waals surface area contributed by atoms with Gasteiger partial charge in [-0.3, -0.25) is 0 Å². The molecule has 3 rings (SSSR count). The van der Waals surface area contributed by atoms with Crippen molar-refractivity contribution in [1.82, 2.24) is 10.2 Å². The van der Waals surface area contributed by atoms with Gasteiger partial charge in [-0.15, -0.1) is 0 Å². The highest BCUT2D eigenvalue weighted by atomic mass is 16.5. The lowest BCUT2D eigenvalue weighted by molar-refractivity contribution is 0.166. The van der Waals surface area contributed by atoms with Crippen LogP contribution in [0.4, 0.5) is 4.79 Å². The maximum Gasteiger partial charge on any atom is 0.318 e. The molecule has 0 spiro atoms. The highest BCUT2D eigenvalue weighted by Crippen LogP contribution is 2.36. The summed E-state index contributed by atoms with van der Waals surface area (Å²) in [5.74, 6) is 0.915. The molecular weight excluding hydrogens is 204 g/mol. The number of hydrogen-bond acceptors (Lipinski definition) is 2. The van der Waals surface area contributed by atoms with Gasteiger partial charge in [0.2, 0.25) is 0 Å². The van der Waals surface area contributed by atoms with Gasteiger partial charge in [-0.2, -0.15) is 0 Å². The quantitative estimate of drug-likeness (QED) is 0.776. The number of nitrogens with one attached hydrogen (secondary N) is 1. The van der Waals surface area contributed by atoms with Gasteiger partial charge in [0.15, 0.2) is 0 Å². The van der Waals surface area contributed by atoms with Gasteiger partial charge in [0, 0.05) is 25.1 Å². The van der Waals surface area contributed by atoms with Crippen molar-refractivity contribution in [2.45, 2.75) is 12.5 Å². The second kappa shape index (κ2) is 3.70. The molecule has 0 radical (unpaired) electrons. The standard InChI is InChI=1S/C12H14N2O2/c15-12-13-6-7-14(12)10-5-8-16-11-4-2-1-3-9(10)11/h1-4,10H,5-8H2,(H,13,15). The van der Waals surface area contributed by atoms with Crippen LogP contribution in [0.25, 0.3) is 0 Å². The Kier molecular flexibility index (Phi) is 2.20. The molecule has 16 heavy (non-hydrogen) atoms. The van der Waals surface area contributed by atoms with E-state index in [4.69, 9.17) is 4.74 Å². The molecule has 2 aliphatic rings. The van der Waals surface area contributed by atoms with Crippen molar-refractivity contribution in [3.63, 3.8) is 0 Å². The van der Waals surface area contributed by atoms with Crippen LogP contribution in [0.1, 0.15) is 18.0 Å². The molecule has 84 valence electrons. The lowest BCUT2D eigenvalue weighted by Crippen LogP contribution is -2.35. The smallest absolute Gasteiger partial charge is 0.318 e. The number of carbonyl (C=O) groups excluding carboxylic acids is 1. The van der Waals surface area contributed by atoms with Crippen molar-refractivity contribution in [2.75, 3.05) is 19.7 Å². The Morgan fingerprint density at radius 3 is 3.06 bits per heavy atom. The van der Waals surface area contributed by atoms with Crippen LogP contribution in [-0.4, -0.2) is 30.6 Å². The summed E-state index contributed by atoms with van der Waals surface area (Å²) in [5, 5.41) is 2.84. The molecule has 0 bridgehead atoms. The Labute approximate surface area is 94.2 Å². The van der Waals surface area contributed by atoms with Crippen molar-refractivity contribution in [1.29, 1.82) is 0 Å². The molecule has 0 saturated carbocycles. The van der Waals surface area contributed by atoms with Gasteiger partial charge >= 0.3 is 6.03 Å². The van der Waals surface area contributed by atoms with Gasteiger partial charge in [0.05, 0.1) is 12.6 Å².